The minimum absolute atomic E-state index is 0.00519. The molecule has 0 aromatic heterocycles. The third kappa shape index (κ3) is 5.49. The van der Waals surface area contributed by atoms with Gasteiger partial charge in [-0.05, 0) is 36.8 Å². The van der Waals surface area contributed by atoms with Crippen molar-refractivity contribution in [1.82, 2.24) is 10.2 Å². The van der Waals surface area contributed by atoms with Crippen molar-refractivity contribution in [3.63, 3.8) is 0 Å². The van der Waals surface area contributed by atoms with Crippen LogP contribution in [0.4, 0.5) is 0 Å². The van der Waals surface area contributed by atoms with Crippen LogP contribution in [0.3, 0.4) is 0 Å². The number of carbonyl (C=O) groups excluding carboxylic acids is 2. The van der Waals surface area contributed by atoms with Gasteiger partial charge in [0.05, 0.1) is 0 Å². The van der Waals surface area contributed by atoms with E-state index in [0.717, 1.165) is 10.0 Å². The molecule has 24 heavy (non-hydrogen) atoms. The highest BCUT2D eigenvalue weighted by Crippen LogP contribution is 2.10. The summed E-state index contributed by atoms with van der Waals surface area (Å²) in [4.78, 5) is 25.6. The molecule has 0 spiro atoms. The van der Waals surface area contributed by atoms with E-state index in [4.69, 9.17) is 0 Å². The normalized spacial score (nSPS) is 10.3. The Bertz CT molecular complexity index is 714. The maximum atomic E-state index is 12.1. The summed E-state index contributed by atoms with van der Waals surface area (Å²) in [6.45, 7) is 5.02. The van der Waals surface area contributed by atoms with Gasteiger partial charge in [-0.15, -0.1) is 0 Å². The highest BCUT2D eigenvalue weighted by Gasteiger charge is 2.11. The van der Waals surface area contributed by atoms with Gasteiger partial charge in [-0.1, -0.05) is 45.8 Å². The molecule has 2 aromatic rings. The number of rotatable bonds is 6. The molecule has 2 rings (SSSR count). The van der Waals surface area contributed by atoms with E-state index in [9.17, 15) is 9.59 Å². The first-order valence-electron chi connectivity index (χ1n) is 7.80. The van der Waals surface area contributed by atoms with Crippen LogP contribution >= 0.6 is 15.9 Å². The molecule has 0 atom stereocenters. The van der Waals surface area contributed by atoms with E-state index >= 15 is 0 Å². The first-order chi connectivity index (χ1) is 11.5. The van der Waals surface area contributed by atoms with Crippen LogP contribution in [-0.4, -0.2) is 29.8 Å². The largest absolute Gasteiger partial charge is 0.350 e. The number of halogens is 1. The highest BCUT2D eigenvalue weighted by molar-refractivity contribution is 9.10. The van der Waals surface area contributed by atoms with Gasteiger partial charge < -0.3 is 10.2 Å². The number of nitrogens with one attached hydrogen (secondary N) is 1. The Kier molecular flexibility index (Phi) is 6.55. The number of benzene rings is 2. The van der Waals surface area contributed by atoms with Gasteiger partial charge in [0.2, 0.25) is 5.91 Å². The van der Waals surface area contributed by atoms with Crippen molar-refractivity contribution in [3.05, 3.63) is 69.7 Å². The molecule has 0 aliphatic carbocycles. The fraction of sp³-hybridized carbons (Fsp3) is 0.263. The predicted octanol–water partition coefficient (Wildman–Crippen LogP) is 3.54. The topological polar surface area (TPSA) is 49.4 Å². The van der Waals surface area contributed by atoms with E-state index in [1.807, 2.05) is 37.3 Å². The molecular formula is C19H21BrN2O2. The molecular weight excluding hydrogens is 368 g/mol. The van der Waals surface area contributed by atoms with Gasteiger partial charge in [0, 0.05) is 36.6 Å². The molecule has 0 bridgehead atoms. The molecule has 1 N–H and O–H groups in total. The summed E-state index contributed by atoms with van der Waals surface area (Å²) in [5, 5.41) is 2.85. The predicted molar refractivity (Wildman–Crippen MR) is 98.7 cm³/mol. The Hall–Kier alpha value is -2.14. The minimum atomic E-state index is -0.137. The second kappa shape index (κ2) is 8.64. The van der Waals surface area contributed by atoms with Crippen molar-refractivity contribution >= 4 is 27.7 Å². The van der Waals surface area contributed by atoms with Gasteiger partial charge >= 0.3 is 0 Å². The summed E-state index contributed by atoms with van der Waals surface area (Å²) in [5.74, 6) is -0.143. The smallest absolute Gasteiger partial charge is 0.251 e. The molecule has 2 amide bonds. The number of carbonyl (C=O) groups is 2. The number of nitrogens with zero attached hydrogens (tertiary/aromatic N) is 1. The molecule has 0 saturated heterocycles. The Morgan fingerprint density at radius 3 is 2.46 bits per heavy atom. The first-order valence-corrected chi connectivity index (χ1v) is 8.60. The summed E-state index contributed by atoms with van der Waals surface area (Å²) in [6.07, 6.45) is 0. The molecule has 0 unspecified atom stereocenters. The third-order valence-corrected chi connectivity index (χ3v) is 4.20. The van der Waals surface area contributed by atoms with E-state index in [1.54, 1.807) is 24.0 Å². The molecule has 0 fully saturated rings. The number of aryl methyl sites for hydroxylation is 1. The Morgan fingerprint density at radius 1 is 1.12 bits per heavy atom. The lowest BCUT2D eigenvalue weighted by Crippen LogP contribution is -2.37. The molecule has 126 valence electrons. The SMILES string of the molecule is CC(=O)N(CCNC(=O)c1ccc(Br)cc1)Cc1cccc(C)c1. The number of hydrogen-bond acceptors (Lipinski definition) is 2. The lowest BCUT2D eigenvalue weighted by molar-refractivity contribution is -0.129. The Labute approximate surface area is 151 Å². The second-order valence-electron chi connectivity index (χ2n) is 5.69. The van der Waals surface area contributed by atoms with Crippen LogP contribution in [-0.2, 0) is 11.3 Å². The maximum Gasteiger partial charge on any atom is 0.251 e. The van der Waals surface area contributed by atoms with Crippen molar-refractivity contribution in [3.8, 4) is 0 Å². The van der Waals surface area contributed by atoms with E-state index in [0.29, 0.717) is 25.2 Å². The van der Waals surface area contributed by atoms with E-state index < -0.39 is 0 Å². The van der Waals surface area contributed by atoms with E-state index in [2.05, 4.69) is 27.3 Å². The van der Waals surface area contributed by atoms with Crippen molar-refractivity contribution in [2.75, 3.05) is 13.1 Å². The minimum Gasteiger partial charge on any atom is -0.350 e. The van der Waals surface area contributed by atoms with Gasteiger partial charge in [-0.25, -0.2) is 0 Å². The average Bonchev–Trinajstić information content (AvgIpc) is 2.54. The van der Waals surface area contributed by atoms with Gasteiger partial charge in [0.1, 0.15) is 0 Å². The Morgan fingerprint density at radius 2 is 1.83 bits per heavy atom. The molecule has 0 aliphatic heterocycles. The number of hydrogen-bond donors (Lipinski definition) is 1. The molecule has 0 heterocycles. The molecule has 2 aromatic carbocycles. The summed E-state index contributed by atoms with van der Waals surface area (Å²) in [5.41, 5.74) is 2.86. The van der Waals surface area contributed by atoms with E-state index in [1.165, 1.54) is 5.56 Å². The summed E-state index contributed by atoms with van der Waals surface area (Å²) < 4.78 is 0.931. The third-order valence-electron chi connectivity index (χ3n) is 3.67. The first kappa shape index (κ1) is 18.2. The van der Waals surface area contributed by atoms with Gasteiger partial charge in [-0.3, -0.25) is 9.59 Å². The van der Waals surface area contributed by atoms with Gasteiger partial charge in [-0.2, -0.15) is 0 Å². The van der Waals surface area contributed by atoms with Gasteiger partial charge in [0.25, 0.3) is 5.91 Å². The van der Waals surface area contributed by atoms with E-state index in [-0.39, 0.29) is 11.8 Å². The van der Waals surface area contributed by atoms with Crippen LogP contribution in [0.15, 0.2) is 53.0 Å². The van der Waals surface area contributed by atoms with Crippen LogP contribution in [0, 0.1) is 6.92 Å². The summed E-state index contributed by atoms with van der Waals surface area (Å²) >= 11 is 3.34. The zero-order valence-corrected chi connectivity index (χ0v) is 15.5. The monoisotopic (exact) mass is 388 g/mol. The lowest BCUT2D eigenvalue weighted by atomic mass is 10.1. The zero-order chi connectivity index (χ0) is 17.5. The van der Waals surface area contributed by atoms with Crippen molar-refractivity contribution in [1.29, 1.82) is 0 Å². The van der Waals surface area contributed by atoms with Crippen LogP contribution in [0.25, 0.3) is 0 Å². The molecule has 0 saturated carbocycles. The number of amides is 2. The second-order valence-corrected chi connectivity index (χ2v) is 6.61. The fourth-order valence-electron chi connectivity index (χ4n) is 2.39. The van der Waals surface area contributed by atoms with Crippen molar-refractivity contribution in [2.24, 2.45) is 0 Å². The van der Waals surface area contributed by atoms with Crippen molar-refractivity contribution < 1.29 is 9.59 Å². The molecule has 0 radical (unpaired) electrons. The highest BCUT2D eigenvalue weighted by atomic mass is 79.9. The van der Waals surface area contributed by atoms with Crippen LogP contribution in [0.1, 0.15) is 28.4 Å². The molecule has 5 heteroatoms. The fourth-order valence-corrected chi connectivity index (χ4v) is 2.65. The average molecular weight is 389 g/mol. The Balaban J connectivity index is 1.88. The van der Waals surface area contributed by atoms with Crippen LogP contribution in [0.2, 0.25) is 0 Å². The lowest BCUT2D eigenvalue weighted by Gasteiger charge is -2.21. The molecule has 0 aliphatic rings. The quantitative estimate of drug-likeness (QED) is 0.822. The molecule has 4 nitrogen and oxygen atoms in total. The van der Waals surface area contributed by atoms with Crippen LogP contribution < -0.4 is 5.32 Å². The summed E-state index contributed by atoms with van der Waals surface area (Å²) in [6, 6.07) is 15.3. The van der Waals surface area contributed by atoms with Crippen molar-refractivity contribution in [2.45, 2.75) is 20.4 Å². The maximum absolute atomic E-state index is 12.1. The van der Waals surface area contributed by atoms with Crippen LogP contribution in [0.5, 0.6) is 0 Å². The van der Waals surface area contributed by atoms with Gasteiger partial charge in [0.15, 0.2) is 0 Å². The standard InChI is InChI=1S/C19H21BrN2O2/c1-14-4-3-5-16(12-14)13-22(15(2)23)11-10-21-19(24)17-6-8-18(20)9-7-17/h3-9,12H,10-11,13H2,1-2H3,(H,21,24). The zero-order valence-electron chi connectivity index (χ0n) is 13.9. The summed E-state index contributed by atoms with van der Waals surface area (Å²) in [7, 11) is 0.